The van der Waals surface area contributed by atoms with Crippen LogP contribution in [-0.4, -0.2) is 17.4 Å². The van der Waals surface area contributed by atoms with Gasteiger partial charge in [0.05, 0.1) is 11.2 Å². The van der Waals surface area contributed by atoms with E-state index >= 15 is 0 Å². The van der Waals surface area contributed by atoms with Gasteiger partial charge in [-0.15, -0.1) is 0 Å². The van der Waals surface area contributed by atoms with Gasteiger partial charge in [-0.2, -0.15) is 0 Å². The molecule has 0 aliphatic rings. The average molecular weight is 268 g/mol. The molecule has 20 heavy (non-hydrogen) atoms. The molecule has 0 atom stereocenters. The van der Waals surface area contributed by atoms with E-state index in [4.69, 9.17) is 0 Å². The number of rotatable bonds is 6. The predicted molar refractivity (Wildman–Crippen MR) is 83.3 cm³/mol. The molecule has 3 nitrogen and oxygen atoms in total. The maximum absolute atomic E-state index is 11.6. The number of nitrogens with one attached hydrogen (secondary N) is 1. The number of unbranched alkanes of at least 4 members (excludes halogenated alkanes) is 2. The smallest absolute Gasteiger partial charge is 0.244 e. The molecule has 1 aromatic heterocycles. The molecule has 0 radical (unpaired) electrons. The SMILES string of the molecule is CCCCCNC(=O)/C=C/c1ccc2ccccc2n1. The molecule has 104 valence electrons. The van der Waals surface area contributed by atoms with Crippen molar-refractivity contribution in [2.24, 2.45) is 0 Å². The highest BCUT2D eigenvalue weighted by atomic mass is 16.1. The van der Waals surface area contributed by atoms with Crippen molar-refractivity contribution < 1.29 is 4.79 Å². The number of benzene rings is 1. The van der Waals surface area contributed by atoms with Crippen LogP contribution in [0.1, 0.15) is 31.9 Å². The van der Waals surface area contributed by atoms with Gasteiger partial charge in [0, 0.05) is 18.0 Å². The van der Waals surface area contributed by atoms with Crippen LogP contribution in [0.4, 0.5) is 0 Å². The number of nitrogens with zero attached hydrogens (tertiary/aromatic N) is 1. The summed E-state index contributed by atoms with van der Waals surface area (Å²) >= 11 is 0. The van der Waals surface area contributed by atoms with E-state index in [1.54, 1.807) is 12.2 Å². The van der Waals surface area contributed by atoms with E-state index < -0.39 is 0 Å². The Morgan fingerprint density at radius 1 is 1.20 bits per heavy atom. The quantitative estimate of drug-likeness (QED) is 0.643. The Balaban J connectivity index is 1.93. The summed E-state index contributed by atoms with van der Waals surface area (Å²) in [6.45, 7) is 2.88. The largest absolute Gasteiger partial charge is 0.353 e. The van der Waals surface area contributed by atoms with Crippen LogP contribution in [-0.2, 0) is 4.79 Å². The van der Waals surface area contributed by atoms with Gasteiger partial charge in [-0.3, -0.25) is 4.79 Å². The van der Waals surface area contributed by atoms with Gasteiger partial charge in [0.25, 0.3) is 0 Å². The summed E-state index contributed by atoms with van der Waals surface area (Å²) in [5.41, 5.74) is 1.74. The van der Waals surface area contributed by atoms with Crippen molar-refractivity contribution in [1.82, 2.24) is 10.3 Å². The Hall–Kier alpha value is -2.16. The van der Waals surface area contributed by atoms with Crippen molar-refractivity contribution in [3.63, 3.8) is 0 Å². The highest BCUT2D eigenvalue weighted by Gasteiger charge is 1.97. The Labute approximate surface area is 119 Å². The lowest BCUT2D eigenvalue weighted by molar-refractivity contribution is -0.116. The number of hydrogen-bond acceptors (Lipinski definition) is 2. The zero-order chi connectivity index (χ0) is 14.2. The van der Waals surface area contributed by atoms with Gasteiger partial charge < -0.3 is 5.32 Å². The average Bonchev–Trinajstić information content (AvgIpc) is 2.49. The fourth-order valence-corrected chi connectivity index (χ4v) is 1.98. The molecule has 3 heteroatoms. The first-order chi connectivity index (χ1) is 9.79. The molecule has 0 aliphatic heterocycles. The monoisotopic (exact) mass is 268 g/mol. The molecule has 1 heterocycles. The number of amides is 1. The Morgan fingerprint density at radius 3 is 2.90 bits per heavy atom. The molecule has 1 aromatic carbocycles. The molecule has 0 fully saturated rings. The van der Waals surface area contributed by atoms with E-state index in [0.29, 0.717) is 0 Å². The van der Waals surface area contributed by atoms with Crippen molar-refractivity contribution in [3.05, 3.63) is 48.2 Å². The molecule has 1 amide bonds. The first-order valence-corrected chi connectivity index (χ1v) is 7.11. The van der Waals surface area contributed by atoms with Crippen LogP contribution in [0.2, 0.25) is 0 Å². The van der Waals surface area contributed by atoms with Crippen LogP contribution >= 0.6 is 0 Å². The standard InChI is InChI=1S/C17H20N2O/c1-2-3-6-13-18-17(20)12-11-15-10-9-14-7-4-5-8-16(14)19-15/h4-5,7-12H,2-3,6,13H2,1H3,(H,18,20)/b12-11+. The summed E-state index contributed by atoms with van der Waals surface area (Å²) in [7, 11) is 0. The summed E-state index contributed by atoms with van der Waals surface area (Å²) in [6.07, 6.45) is 6.64. The number of fused-ring (bicyclic) bond motifs is 1. The van der Waals surface area contributed by atoms with Gasteiger partial charge in [-0.1, -0.05) is 44.0 Å². The zero-order valence-electron chi connectivity index (χ0n) is 11.8. The van der Waals surface area contributed by atoms with Crippen molar-refractivity contribution in [2.75, 3.05) is 6.54 Å². The third-order valence-corrected chi connectivity index (χ3v) is 3.10. The molecular formula is C17H20N2O. The van der Waals surface area contributed by atoms with Crippen LogP contribution in [0.3, 0.4) is 0 Å². The third kappa shape index (κ3) is 4.19. The van der Waals surface area contributed by atoms with Crippen LogP contribution < -0.4 is 5.32 Å². The minimum Gasteiger partial charge on any atom is -0.353 e. The second-order valence-electron chi connectivity index (χ2n) is 4.76. The molecule has 0 aliphatic carbocycles. The lowest BCUT2D eigenvalue weighted by Gasteiger charge is -2.01. The zero-order valence-corrected chi connectivity index (χ0v) is 11.8. The topological polar surface area (TPSA) is 42.0 Å². The lowest BCUT2D eigenvalue weighted by atomic mass is 10.2. The van der Waals surface area contributed by atoms with Gasteiger partial charge in [0.2, 0.25) is 5.91 Å². The fourth-order valence-electron chi connectivity index (χ4n) is 1.98. The molecule has 0 bridgehead atoms. The van der Waals surface area contributed by atoms with Crippen molar-refractivity contribution >= 4 is 22.9 Å². The number of carbonyl (C=O) groups excluding carboxylic acids is 1. The van der Waals surface area contributed by atoms with E-state index in [0.717, 1.165) is 42.4 Å². The molecular weight excluding hydrogens is 248 g/mol. The van der Waals surface area contributed by atoms with Crippen molar-refractivity contribution in [1.29, 1.82) is 0 Å². The Bertz CT molecular complexity index is 605. The predicted octanol–water partition coefficient (Wildman–Crippen LogP) is 3.55. The van der Waals surface area contributed by atoms with Crippen LogP contribution in [0.5, 0.6) is 0 Å². The molecule has 0 spiro atoms. The summed E-state index contributed by atoms with van der Waals surface area (Å²) in [5.74, 6) is -0.0592. The molecule has 2 rings (SSSR count). The third-order valence-electron chi connectivity index (χ3n) is 3.10. The highest BCUT2D eigenvalue weighted by molar-refractivity contribution is 5.91. The van der Waals surface area contributed by atoms with Crippen LogP contribution in [0, 0.1) is 0 Å². The first-order valence-electron chi connectivity index (χ1n) is 7.11. The van der Waals surface area contributed by atoms with Crippen LogP contribution in [0.25, 0.3) is 17.0 Å². The Morgan fingerprint density at radius 2 is 2.05 bits per heavy atom. The van der Waals surface area contributed by atoms with E-state index in [9.17, 15) is 4.79 Å². The molecule has 2 aromatic rings. The van der Waals surface area contributed by atoms with Gasteiger partial charge in [-0.05, 0) is 24.6 Å². The normalized spacial score (nSPS) is 11.1. The number of carbonyl (C=O) groups is 1. The lowest BCUT2D eigenvalue weighted by Crippen LogP contribution is -2.21. The first kappa shape index (κ1) is 14.3. The van der Waals surface area contributed by atoms with Gasteiger partial charge in [0.15, 0.2) is 0 Å². The molecule has 1 N–H and O–H groups in total. The Kier molecular flexibility index (Phi) is 5.30. The fraction of sp³-hybridized carbons (Fsp3) is 0.294. The molecule has 0 unspecified atom stereocenters. The minimum absolute atomic E-state index is 0.0592. The summed E-state index contributed by atoms with van der Waals surface area (Å²) < 4.78 is 0. The number of para-hydroxylation sites is 1. The van der Waals surface area contributed by atoms with Crippen molar-refractivity contribution in [3.8, 4) is 0 Å². The maximum Gasteiger partial charge on any atom is 0.244 e. The molecule has 0 saturated heterocycles. The van der Waals surface area contributed by atoms with E-state index in [2.05, 4.69) is 17.2 Å². The maximum atomic E-state index is 11.6. The van der Waals surface area contributed by atoms with E-state index in [-0.39, 0.29) is 5.91 Å². The highest BCUT2D eigenvalue weighted by Crippen LogP contribution is 2.12. The van der Waals surface area contributed by atoms with Crippen LogP contribution in [0.15, 0.2) is 42.5 Å². The number of pyridine rings is 1. The number of aromatic nitrogens is 1. The van der Waals surface area contributed by atoms with Gasteiger partial charge in [0.1, 0.15) is 0 Å². The van der Waals surface area contributed by atoms with Gasteiger partial charge >= 0.3 is 0 Å². The minimum atomic E-state index is -0.0592. The summed E-state index contributed by atoms with van der Waals surface area (Å²) in [4.78, 5) is 16.1. The second-order valence-corrected chi connectivity index (χ2v) is 4.76. The van der Waals surface area contributed by atoms with E-state index in [1.807, 2.05) is 36.4 Å². The summed E-state index contributed by atoms with van der Waals surface area (Å²) in [6, 6.07) is 11.9. The summed E-state index contributed by atoms with van der Waals surface area (Å²) in [5, 5.41) is 3.98. The van der Waals surface area contributed by atoms with Gasteiger partial charge in [-0.25, -0.2) is 4.98 Å². The second kappa shape index (κ2) is 7.43. The van der Waals surface area contributed by atoms with Crippen molar-refractivity contribution in [2.45, 2.75) is 26.2 Å². The van der Waals surface area contributed by atoms with E-state index in [1.165, 1.54) is 0 Å². The number of hydrogen-bond donors (Lipinski definition) is 1. The molecule has 0 saturated carbocycles.